The fourth-order valence-electron chi connectivity index (χ4n) is 1.69. The Balaban J connectivity index is 2.18. The molecule has 0 aliphatic rings. The third kappa shape index (κ3) is 3.50. The Hall–Kier alpha value is -2.57. The Morgan fingerprint density at radius 1 is 1.19 bits per heavy atom. The van der Waals surface area contributed by atoms with Gasteiger partial charge in [0.15, 0.2) is 5.43 Å². The number of H-pyrrole nitrogens is 1. The standard InChI is InChI=1S/C14H11F3N2O2/c1-8-6-12(20)11(7-18-8)13(21)19-10-4-2-9(3-5-10)14(15,16)17/h2-7H,1H3,(H,18,20)(H,19,21). The van der Waals surface area contributed by atoms with Crippen molar-refractivity contribution < 1.29 is 18.0 Å². The largest absolute Gasteiger partial charge is 0.416 e. The van der Waals surface area contributed by atoms with E-state index >= 15 is 0 Å². The van der Waals surface area contributed by atoms with E-state index in [0.29, 0.717) is 5.69 Å². The third-order valence-electron chi connectivity index (χ3n) is 2.77. The van der Waals surface area contributed by atoms with E-state index in [1.165, 1.54) is 12.3 Å². The van der Waals surface area contributed by atoms with Crippen LogP contribution in [0.15, 0.2) is 41.3 Å². The van der Waals surface area contributed by atoms with Gasteiger partial charge in [-0.1, -0.05) is 0 Å². The Labute approximate surface area is 117 Å². The van der Waals surface area contributed by atoms with Gasteiger partial charge < -0.3 is 10.3 Å². The number of hydrogen-bond acceptors (Lipinski definition) is 2. The first-order chi connectivity index (χ1) is 9.77. The molecule has 1 aromatic carbocycles. The van der Waals surface area contributed by atoms with E-state index in [0.717, 1.165) is 24.3 Å². The average molecular weight is 296 g/mol. The second kappa shape index (κ2) is 5.43. The quantitative estimate of drug-likeness (QED) is 0.895. The first-order valence-corrected chi connectivity index (χ1v) is 5.95. The van der Waals surface area contributed by atoms with Crippen molar-refractivity contribution in [3.63, 3.8) is 0 Å². The lowest BCUT2D eigenvalue weighted by molar-refractivity contribution is -0.137. The number of anilines is 1. The highest BCUT2D eigenvalue weighted by atomic mass is 19.4. The molecule has 1 heterocycles. The van der Waals surface area contributed by atoms with E-state index in [2.05, 4.69) is 10.3 Å². The number of aromatic nitrogens is 1. The molecule has 110 valence electrons. The lowest BCUT2D eigenvalue weighted by Crippen LogP contribution is -2.21. The smallest absolute Gasteiger partial charge is 0.364 e. The number of rotatable bonds is 2. The van der Waals surface area contributed by atoms with Crippen LogP contribution in [-0.2, 0) is 6.18 Å². The highest BCUT2D eigenvalue weighted by molar-refractivity contribution is 6.03. The SMILES string of the molecule is Cc1cc(=O)c(C(=O)Nc2ccc(C(F)(F)F)cc2)c[nH]1. The first kappa shape index (κ1) is 14.8. The molecule has 0 radical (unpaired) electrons. The first-order valence-electron chi connectivity index (χ1n) is 5.95. The molecule has 21 heavy (non-hydrogen) atoms. The van der Waals surface area contributed by atoms with Crippen molar-refractivity contribution in [2.45, 2.75) is 13.1 Å². The van der Waals surface area contributed by atoms with Crippen LogP contribution in [0, 0.1) is 6.92 Å². The number of carbonyl (C=O) groups is 1. The molecule has 0 saturated heterocycles. The summed E-state index contributed by atoms with van der Waals surface area (Å²) < 4.78 is 37.2. The van der Waals surface area contributed by atoms with Gasteiger partial charge in [-0.3, -0.25) is 9.59 Å². The van der Waals surface area contributed by atoms with Crippen LogP contribution < -0.4 is 10.7 Å². The zero-order valence-corrected chi connectivity index (χ0v) is 10.9. The zero-order chi connectivity index (χ0) is 15.6. The fraction of sp³-hybridized carbons (Fsp3) is 0.143. The van der Waals surface area contributed by atoms with Gasteiger partial charge in [0.25, 0.3) is 5.91 Å². The predicted octanol–water partition coefficient (Wildman–Crippen LogP) is 2.95. The molecule has 0 aliphatic carbocycles. The summed E-state index contributed by atoms with van der Waals surface area (Å²) in [5.41, 5.74) is -0.608. The van der Waals surface area contributed by atoms with Gasteiger partial charge in [-0.05, 0) is 31.2 Å². The topological polar surface area (TPSA) is 62.0 Å². The van der Waals surface area contributed by atoms with Gasteiger partial charge in [0.2, 0.25) is 0 Å². The molecule has 2 N–H and O–H groups in total. The zero-order valence-electron chi connectivity index (χ0n) is 10.9. The minimum atomic E-state index is -4.43. The second-order valence-electron chi connectivity index (χ2n) is 4.42. The number of alkyl halides is 3. The van der Waals surface area contributed by atoms with Crippen molar-refractivity contribution in [3.05, 3.63) is 63.6 Å². The molecule has 0 aliphatic heterocycles. The van der Waals surface area contributed by atoms with Crippen LogP contribution in [0.4, 0.5) is 18.9 Å². The number of nitrogens with one attached hydrogen (secondary N) is 2. The van der Waals surface area contributed by atoms with Crippen molar-refractivity contribution in [1.82, 2.24) is 4.98 Å². The molecule has 0 saturated carbocycles. The van der Waals surface area contributed by atoms with E-state index in [9.17, 15) is 22.8 Å². The molecule has 0 bridgehead atoms. The number of aromatic amines is 1. The maximum Gasteiger partial charge on any atom is 0.416 e. The summed E-state index contributed by atoms with van der Waals surface area (Å²) >= 11 is 0. The minimum Gasteiger partial charge on any atom is -0.364 e. The van der Waals surface area contributed by atoms with Crippen LogP contribution >= 0.6 is 0 Å². The summed E-state index contributed by atoms with van der Waals surface area (Å²) in [6.45, 7) is 1.67. The molecule has 0 spiro atoms. The lowest BCUT2D eigenvalue weighted by atomic mass is 10.2. The van der Waals surface area contributed by atoms with Gasteiger partial charge in [0.1, 0.15) is 5.56 Å². The highest BCUT2D eigenvalue weighted by Gasteiger charge is 2.30. The van der Waals surface area contributed by atoms with E-state index in [1.807, 2.05) is 0 Å². The second-order valence-corrected chi connectivity index (χ2v) is 4.42. The highest BCUT2D eigenvalue weighted by Crippen LogP contribution is 2.29. The third-order valence-corrected chi connectivity index (χ3v) is 2.77. The fourth-order valence-corrected chi connectivity index (χ4v) is 1.69. The molecular formula is C14H11F3N2O2. The summed E-state index contributed by atoms with van der Waals surface area (Å²) in [5.74, 6) is -0.684. The van der Waals surface area contributed by atoms with Crippen LogP contribution in [0.3, 0.4) is 0 Å². The summed E-state index contributed by atoms with van der Waals surface area (Å²) in [7, 11) is 0. The number of hydrogen-bond donors (Lipinski definition) is 2. The van der Waals surface area contributed by atoms with Gasteiger partial charge in [0.05, 0.1) is 5.56 Å². The number of aryl methyl sites for hydroxylation is 1. The molecule has 1 amide bonds. The van der Waals surface area contributed by atoms with Crippen LogP contribution in [0.5, 0.6) is 0 Å². The lowest BCUT2D eigenvalue weighted by Gasteiger charge is -2.08. The number of amides is 1. The van der Waals surface area contributed by atoms with E-state index in [1.54, 1.807) is 6.92 Å². The molecular weight excluding hydrogens is 285 g/mol. The molecule has 7 heteroatoms. The monoisotopic (exact) mass is 296 g/mol. The van der Waals surface area contributed by atoms with Crippen LogP contribution in [0.1, 0.15) is 21.6 Å². The van der Waals surface area contributed by atoms with Gasteiger partial charge >= 0.3 is 6.18 Å². The van der Waals surface area contributed by atoms with Gasteiger partial charge in [-0.15, -0.1) is 0 Å². The van der Waals surface area contributed by atoms with Crippen molar-refractivity contribution in [2.75, 3.05) is 5.32 Å². The van der Waals surface area contributed by atoms with Crippen molar-refractivity contribution in [1.29, 1.82) is 0 Å². The Morgan fingerprint density at radius 2 is 1.81 bits per heavy atom. The summed E-state index contributed by atoms with van der Waals surface area (Å²) in [4.78, 5) is 26.2. The van der Waals surface area contributed by atoms with Crippen molar-refractivity contribution in [2.24, 2.45) is 0 Å². The number of carbonyl (C=O) groups excluding carboxylic acids is 1. The molecule has 2 aromatic rings. The Kier molecular flexibility index (Phi) is 3.84. The van der Waals surface area contributed by atoms with Crippen LogP contribution in [0.2, 0.25) is 0 Å². The maximum absolute atomic E-state index is 12.4. The molecule has 4 nitrogen and oxygen atoms in total. The van der Waals surface area contributed by atoms with Crippen molar-refractivity contribution in [3.8, 4) is 0 Å². The predicted molar refractivity (Wildman–Crippen MR) is 71.2 cm³/mol. The van der Waals surface area contributed by atoms with Gasteiger partial charge in [-0.25, -0.2) is 0 Å². The van der Waals surface area contributed by atoms with Crippen LogP contribution in [0.25, 0.3) is 0 Å². The summed E-state index contributed by atoms with van der Waals surface area (Å²) in [5, 5.41) is 2.37. The normalized spacial score (nSPS) is 11.2. The summed E-state index contributed by atoms with van der Waals surface area (Å²) in [6, 6.07) is 5.23. The maximum atomic E-state index is 12.4. The number of benzene rings is 1. The summed E-state index contributed by atoms with van der Waals surface area (Å²) in [6.07, 6.45) is -3.17. The van der Waals surface area contributed by atoms with E-state index in [4.69, 9.17) is 0 Å². The molecule has 0 unspecified atom stereocenters. The van der Waals surface area contributed by atoms with Gasteiger partial charge in [0, 0.05) is 23.6 Å². The molecule has 0 fully saturated rings. The van der Waals surface area contributed by atoms with Crippen LogP contribution in [-0.4, -0.2) is 10.9 Å². The van der Waals surface area contributed by atoms with Crippen molar-refractivity contribution >= 4 is 11.6 Å². The molecule has 0 atom stereocenters. The molecule has 1 aromatic heterocycles. The van der Waals surface area contributed by atoms with E-state index < -0.39 is 23.1 Å². The average Bonchev–Trinajstić information content (AvgIpc) is 2.38. The van der Waals surface area contributed by atoms with E-state index in [-0.39, 0.29) is 11.3 Å². The molecule has 2 rings (SSSR count). The minimum absolute atomic E-state index is 0.111. The number of pyridine rings is 1. The van der Waals surface area contributed by atoms with Gasteiger partial charge in [-0.2, -0.15) is 13.2 Å². The Bertz CT molecular complexity index is 718. The number of halogens is 3. The Morgan fingerprint density at radius 3 is 2.33 bits per heavy atom.